The molecule has 0 saturated heterocycles. The minimum absolute atomic E-state index is 0.0614. The summed E-state index contributed by atoms with van der Waals surface area (Å²) in [6, 6.07) is 4.13. The SMILES string of the molecule is CN(Cc1ccc([S+](N)[O-])c(F)c1)C(=O)OC(C)(C)C. The maximum Gasteiger partial charge on any atom is 0.410 e. The summed E-state index contributed by atoms with van der Waals surface area (Å²) in [5.74, 6) is -0.652. The lowest BCUT2D eigenvalue weighted by atomic mass is 10.2. The van der Waals surface area contributed by atoms with Crippen molar-refractivity contribution in [2.24, 2.45) is 5.14 Å². The Morgan fingerprint density at radius 3 is 2.55 bits per heavy atom. The predicted molar refractivity (Wildman–Crippen MR) is 74.7 cm³/mol. The van der Waals surface area contributed by atoms with Gasteiger partial charge < -0.3 is 14.2 Å². The monoisotopic (exact) mass is 302 g/mol. The van der Waals surface area contributed by atoms with E-state index in [9.17, 15) is 13.7 Å². The van der Waals surface area contributed by atoms with Crippen LogP contribution in [0, 0.1) is 5.82 Å². The van der Waals surface area contributed by atoms with Crippen molar-refractivity contribution < 1.29 is 18.5 Å². The first-order valence-corrected chi connectivity index (χ1v) is 7.20. The maximum atomic E-state index is 13.6. The fourth-order valence-corrected chi connectivity index (χ4v) is 1.94. The van der Waals surface area contributed by atoms with Crippen LogP contribution in [-0.4, -0.2) is 28.2 Å². The molecule has 1 aromatic rings. The van der Waals surface area contributed by atoms with Crippen LogP contribution in [0.1, 0.15) is 26.3 Å². The van der Waals surface area contributed by atoms with Crippen molar-refractivity contribution in [3.8, 4) is 0 Å². The molecule has 0 fully saturated rings. The first-order chi connectivity index (χ1) is 9.10. The van der Waals surface area contributed by atoms with Gasteiger partial charge in [-0.05, 0) is 38.5 Å². The largest absolute Gasteiger partial charge is 0.593 e. The van der Waals surface area contributed by atoms with Crippen LogP contribution < -0.4 is 5.14 Å². The molecule has 0 radical (unpaired) electrons. The van der Waals surface area contributed by atoms with Crippen LogP contribution in [0.25, 0.3) is 0 Å². The minimum atomic E-state index is -1.86. The summed E-state index contributed by atoms with van der Waals surface area (Å²) in [6.45, 7) is 5.49. The Morgan fingerprint density at radius 1 is 1.50 bits per heavy atom. The van der Waals surface area contributed by atoms with E-state index in [-0.39, 0.29) is 11.4 Å². The van der Waals surface area contributed by atoms with E-state index in [0.29, 0.717) is 5.56 Å². The van der Waals surface area contributed by atoms with Crippen molar-refractivity contribution >= 4 is 17.5 Å². The fraction of sp³-hybridized carbons (Fsp3) is 0.462. The molecule has 1 atom stereocenters. The average Bonchev–Trinajstić information content (AvgIpc) is 2.26. The lowest BCUT2D eigenvalue weighted by Gasteiger charge is -2.24. The molecule has 0 heterocycles. The van der Waals surface area contributed by atoms with Gasteiger partial charge in [-0.1, -0.05) is 6.07 Å². The topological polar surface area (TPSA) is 78.6 Å². The van der Waals surface area contributed by atoms with Crippen molar-refractivity contribution in [2.45, 2.75) is 37.8 Å². The van der Waals surface area contributed by atoms with Gasteiger partial charge in [0.2, 0.25) is 4.90 Å². The Hall–Kier alpha value is -1.31. The first-order valence-electron chi connectivity index (χ1n) is 5.99. The third-order valence-corrected chi connectivity index (χ3v) is 3.10. The van der Waals surface area contributed by atoms with Gasteiger partial charge in [0.15, 0.2) is 5.82 Å². The van der Waals surface area contributed by atoms with Crippen LogP contribution in [-0.2, 0) is 22.6 Å². The van der Waals surface area contributed by atoms with Gasteiger partial charge in [-0.15, -0.1) is 5.14 Å². The molecular formula is C13H19FN2O3S. The molecule has 0 bridgehead atoms. The zero-order valence-electron chi connectivity index (χ0n) is 12.0. The van der Waals surface area contributed by atoms with E-state index in [1.54, 1.807) is 33.9 Å². The molecule has 0 aliphatic rings. The van der Waals surface area contributed by atoms with Crippen molar-refractivity contribution in [3.05, 3.63) is 29.6 Å². The van der Waals surface area contributed by atoms with Crippen LogP contribution in [0.2, 0.25) is 0 Å². The number of hydrogen-bond acceptors (Lipinski definition) is 4. The molecule has 1 rings (SSSR count). The minimum Gasteiger partial charge on any atom is -0.593 e. The third-order valence-electron chi connectivity index (χ3n) is 2.34. The van der Waals surface area contributed by atoms with Crippen LogP contribution in [0.5, 0.6) is 0 Å². The van der Waals surface area contributed by atoms with E-state index >= 15 is 0 Å². The summed E-state index contributed by atoms with van der Waals surface area (Å²) < 4.78 is 29.8. The van der Waals surface area contributed by atoms with Gasteiger partial charge in [-0.2, -0.15) is 0 Å². The summed E-state index contributed by atoms with van der Waals surface area (Å²) >= 11 is -1.86. The number of carbonyl (C=O) groups excluding carboxylic acids is 1. The molecule has 5 nitrogen and oxygen atoms in total. The van der Waals surface area contributed by atoms with Gasteiger partial charge in [0.1, 0.15) is 5.60 Å². The number of benzene rings is 1. The van der Waals surface area contributed by atoms with Crippen LogP contribution in [0.4, 0.5) is 9.18 Å². The lowest BCUT2D eigenvalue weighted by molar-refractivity contribution is 0.0285. The van der Waals surface area contributed by atoms with Crippen molar-refractivity contribution in [1.29, 1.82) is 0 Å². The highest BCUT2D eigenvalue weighted by Crippen LogP contribution is 2.16. The standard InChI is InChI=1S/C13H19FN2O3S/c1-13(2,3)19-12(17)16(4)8-9-5-6-11(20(15)18)10(14)7-9/h5-7H,8,15H2,1-4H3. The number of amides is 1. The predicted octanol–water partition coefficient (Wildman–Crippen LogP) is 2.17. The number of rotatable bonds is 3. The average molecular weight is 302 g/mol. The highest BCUT2D eigenvalue weighted by atomic mass is 32.2. The molecule has 1 unspecified atom stereocenters. The Morgan fingerprint density at radius 2 is 2.10 bits per heavy atom. The second-order valence-corrected chi connectivity index (χ2v) is 6.43. The number of carbonyl (C=O) groups is 1. The molecule has 1 aromatic carbocycles. The van der Waals surface area contributed by atoms with E-state index in [1.165, 1.54) is 17.0 Å². The van der Waals surface area contributed by atoms with Crippen molar-refractivity contribution in [2.75, 3.05) is 7.05 Å². The third kappa shape index (κ3) is 4.99. The van der Waals surface area contributed by atoms with Gasteiger partial charge in [0.25, 0.3) is 0 Å². The molecule has 7 heteroatoms. The summed E-state index contributed by atoms with van der Waals surface area (Å²) in [5.41, 5.74) is -0.0262. The zero-order chi connectivity index (χ0) is 15.5. The Bertz CT molecular complexity index is 489. The highest BCUT2D eigenvalue weighted by Gasteiger charge is 2.20. The van der Waals surface area contributed by atoms with Gasteiger partial charge in [0.05, 0.1) is 11.4 Å². The number of halogens is 1. The Kier molecular flexibility index (Phi) is 5.38. The van der Waals surface area contributed by atoms with Crippen LogP contribution in [0.3, 0.4) is 0 Å². The van der Waals surface area contributed by atoms with Gasteiger partial charge in [-0.25, -0.2) is 9.18 Å². The summed E-state index contributed by atoms with van der Waals surface area (Å²) in [4.78, 5) is 13.0. The Balaban J connectivity index is 2.74. The molecule has 0 saturated carbocycles. The second kappa shape index (κ2) is 6.43. The van der Waals surface area contributed by atoms with Gasteiger partial charge in [-0.3, -0.25) is 0 Å². The van der Waals surface area contributed by atoms with E-state index < -0.39 is 28.9 Å². The second-order valence-electron chi connectivity index (χ2n) is 5.40. The molecular weight excluding hydrogens is 283 g/mol. The van der Waals surface area contributed by atoms with Crippen LogP contribution in [0.15, 0.2) is 23.1 Å². The smallest absolute Gasteiger partial charge is 0.410 e. The van der Waals surface area contributed by atoms with E-state index in [1.807, 2.05) is 0 Å². The first kappa shape index (κ1) is 16.7. The highest BCUT2D eigenvalue weighted by molar-refractivity contribution is 7.89. The van der Waals surface area contributed by atoms with Crippen molar-refractivity contribution in [3.63, 3.8) is 0 Å². The normalized spacial score (nSPS) is 12.9. The van der Waals surface area contributed by atoms with Gasteiger partial charge in [0, 0.05) is 13.6 Å². The molecule has 2 N–H and O–H groups in total. The number of nitrogens with zero attached hydrogens (tertiary/aromatic N) is 1. The number of nitrogens with two attached hydrogens (primary N) is 1. The molecule has 0 aliphatic heterocycles. The zero-order valence-corrected chi connectivity index (χ0v) is 12.8. The molecule has 0 aliphatic carbocycles. The summed E-state index contributed by atoms with van der Waals surface area (Å²) in [5, 5.41) is 5.13. The molecule has 0 spiro atoms. The maximum absolute atomic E-state index is 13.6. The molecule has 20 heavy (non-hydrogen) atoms. The number of hydrogen-bond donors (Lipinski definition) is 1. The Labute approximate surface area is 121 Å². The van der Waals surface area contributed by atoms with E-state index in [0.717, 1.165) is 0 Å². The van der Waals surface area contributed by atoms with Gasteiger partial charge >= 0.3 is 6.09 Å². The van der Waals surface area contributed by atoms with E-state index in [4.69, 9.17) is 9.88 Å². The van der Waals surface area contributed by atoms with Crippen molar-refractivity contribution in [1.82, 2.24) is 4.90 Å². The quantitative estimate of drug-likeness (QED) is 0.868. The molecule has 112 valence electrons. The number of ether oxygens (including phenoxy) is 1. The summed E-state index contributed by atoms with van der Waals surface area (Å²) in [7, 11) is 1.56. The summed E-state index contributed by atoms with van der Waals surface area (Å²) in [6.07, 6.45) is -0.496. The molecule has 1 amide bonds. The van der Waals surface area contributed by atoms with E-state index in [2.05, 4.69) is 0 Å². The van der Waals surface area contributed by atoms with Crippen LogP contribution >= 0.6 is 0 Å². The lowest BCUT2D eigenvalue weighted by Crippen LogP contribution is -2.33. The fourth-order valence-electron chi connectivity index (χ4n) is 1.48. The molecule has 0 aromatic heterocycles.